The van der Waals surface area contributed by atoms with Crippen LogP contribution in [-0.4, -0.2) is 69.0 Å². The molecule has 1 aliphatic rings. The number of likely N-dealkylation sites (tertiary alicyclic amines) is 1. The molecule has 0 saturated carbocycles. The van der Waals surface area contributed by atoms with Crippen molar-refractivity contribution in [2.24, 2.45) is 9.98 Å². The average molecular weight is 291 g/mol. The highest BCUT2D eigenvalue weighted by Crippen LogP contribution is 2.04. The molecule has 19 heavy (non-hydrogen) atoms. The molecule has 0 aromatic carbocycles. The van der Waals surface area contributed by atoms with Crippen molar-refractivity contribution in [2.45, 2.75) is 26.2 Å². The lowest BCUT2D eigenvalue weighted by molar-refractivity contribution is -0.126. The van der Waals surface area contributed by atoms with Crippen LogP contribution >= 0.6 is 12.4 Å². The SMILES string of the molecule is CCN=C=NCCCN(C)C.CN1CCCC1=O.Cl. The van der Waals surface area contributed by atoms with Crippen molar-refractivity contribution in [3.63, 3.8) is 0 Å². The summed E-state index contributed by atoms with van der Waals surface area (Å²) >= 11 is 0. The maximum absolute atomic E-state index is 10.5. The Balaban J connectivity index is 0. The first kappa shape index (κ1) is 20.4. The van der Waals surface area contributed by atoms with E-state index in [0.29, 0.717) is 5.91 Å². The standard InChI is InChI=1S/C8H17N3.C5H9NO.ClH/c1-4-9-8-10-6-5-7-11(2)3;1-6-4-2-3-5(6)7;/h4-7H2,1-3H3;2-4H2,1H3;1H. The molecule has 0 spiro atoms. The predicted molar refractivity (Wildman–Crippen MR) is 82.6 cm³/mol. The number of aliphatic imine (C=N–C) groups is 2. The Morgan fingerprint density at radius 3 is 2.42 bits per heavy atom. The van der Waals surface area contributed by atoms with Crippen molar-refractivity contribution in [2.75, 3.05) is 47.3 Å². The van der Waals surface area contributed by atoms with Gasteiger partial charge in [0.25, 0.3) is 0 Å². The van der Waals surface area contributed by atoms with Gasteiger partial charge in [-0.3, -0.25) is 4.79 Å². The summed E-state index contributed by atoms with van der Waals surface area (Å²) in [6.45, 7) is 5.62. The van der Waals surface area contributed by atoms with E-state index < -0.39 is 0 Å². The van der Waals surface area contributed by atoms with Gasteiger partial charge in [0, 0.05) is 26.6 Å². The molecule has 1 saturated heterocycles. The molecule has 1 heterocycles. The van der Waals surface area contributed by atoms with Gasteiger partial charge in [-0.25, -0.2) is 9.98 Å². The van der Waals surface area contributed by atoms with Gasteiger partial charge in [0.05, 0.1) is 12.6 Å². The third kappa shape index (κ3) is 13.3. The molecular formula is C13H27ClN4O. The van der Waals surface area contributed by atoms with Gasteiger partial charge >= 0.3 is 0 Å². The number of hydrogen-bond donors (Lipinski definition) is 0. The summed E-state index contributed by atoms with van der Waals surface area (Å²) in [5, 5.41) is 0. The maximum Gasteiger partial charge on any atom is 0.222 e. The number of hydrogen-bond acceptors (Lipinski definition) is 4. The number of amides is 1. The minimum Gasteiger partial charge on any atom is -0.346 e. The molecule has 0 aliphatic carbocycles. The zero-order valence-electron chi connectivity index (χ0n) is 12.6. The van der Waals surface area contributed by atoms with E-state index in [1.165, 1.54) is 0 Å². The van der Waals surface area contributed by atoms with Crippen LogP contribution in [0.15, 0.2) is 9.98 Å². The Morgan fingerprint density at radius 1 is 1.37 bits per heavy atom. The second-order valence-electron chi connectivity index (χ2n) is 4.53. The molecule has 6 heteroatoms. The van der Waals surface area contributed by atoms with Crippen LogP contribution in [0.25, 0.3) is 0 Å². The molecule has 5 nitrogen and oxygen atoms in total. The molecule has 1 aliphatic heterocycles. The number of carbonyl (C=O) groups excluding carboxylic acids is 1. The van der Waals surface area contributed by atoms with E-state index in [0.717, 1.165) is 45.4 Å². The van der Waals surface area contributed by atoms with Gasteiger partial charge in [0.1, 0.15) is 0 Å². The quantitative estimate of drug-likeness (QED) is 0.572. The Bertz CT molecular complexity index is 288. The summed E-state index contributed by atoms with van der Waals surface area (Å²) in [4.78, 5) is 22.3. The fraction of sp³-hybridized carbons (Fsp3) is 0.846. The highest BCUT2D eigenvalue weighted by atomic mass is 35.5. The van der Waals surface area contributed by atoms with Gasteiger partial charge in [0.2, 0.25) is 5.91 Å². The van der Waals surface area contributed by atoms with Gasteiger partial charge in [-0.15, -0.1) is 12.4 Å². The molecular weight excluding hydrogens is 264 g/mol. The van der Waals surface area contributed by atoms with Crippen LogP contribution in [0.4, 0.5) is 0 Å². The molecule has 1 amide bonds. The van der Waals surface area contributed by atoms with Crippen LogP contribution in [0.1, 0.15) is 26.2 Å². The molecule has 1 fully saturated rings. The zero-order valence-corrected chi connectivity index (χ0v) is 13.4. The molecule has 0 radical (unpaired) electrons. The smallest absolute Gasteiger partial charge is 0.222 e. The molecule has 0 bridgehead atoms. The first-order valence-electron chi connectivity index (χ1n) is 6.54. The number of carbonyl (C=O) groups is 1. The second-order valence-corrected chi connectivity index (χ2v) is 4.53. The summed E-state index contributed by atoms with van der Waals surface area (Å²) in [5.41, 5.74) is 0. The maximum atomic E-state index is 10.5. The monoisotopic (exact) mass is 290 g/mol. The molecule has 1 rings (SSSR count). The Labute approximate surface area is 123 Å². The summed E-state index contributed by atoms with van der Waals surface area (Å²) in [6.07, 6.45) is 2.89. The highest BCUT2D eigenvalue weighted by Gasteiger charge is 2.14. The van der Waals surface area contributed by atoms with Crippen LogP contribution in [-0.2, 0) is 4.79 Å². The summed E-state index contributed by atoms with van der Waals surface area (Å²) < 4.78 is 0. The van der Waals surface area contributed by atoms with Crippen LogP contribution in [0.3, 0.4) is 0 Å². The van der Waals surface area contributed by atoms with Crippen molar-refractivity contribution in [1.82, 2.24) is 9.80 Å². The van der Waals surface area contributed by atoms with Gasteiger partial charge in [0.15, 0.2) is 0 Å². The van der Waals surface area contributed by atoms with Crippen molar-refractivity contribution in [3.05, 3.63) is 0 Å². The largest absolute Gasteiger partial charge is 0.346 e. The molecule has 0 aromatic rings. The number of nitrogens with zero attached hydrogens (tertiary/aromatic N) is 4. The Kier molecular flexibility index (Phi) is 14.5. The topological polar surface area (TPSA) is 48.3 Å². The van der Waals surface area contributed by atoms with E-state index in [1.54, 1.807) is 4.90 Å². The highest BCUT2D eigenvalue weighted by molar-refractivity contribution is 5.85. The minimum absolute atomic E-state index is 0. The van der Waals surface area contributed by atoms with E-state index in [2.05, 4.69) is 35.0 Å². The summed E-state index contributed by atoms with van der Waals surface area (Å²) in [6, 6.07) is 2.64. The van der Waals surface area contributed by atoms with Gasteiger partial charge in [-0.05, 0) is 40.4 Å². The fourth-order valence-corrected chi connectivity index (χ4v) is 1.42. The van der Waals surface area contributed by atoms with Crippen molar-refractivity contribution in [3.8, 4) is 0 Å². The van der Waals surface area contributed by atoms with E-state index >= 15 is 0 Å². The lowest BCUT2D eigenvalue weighted by atomic mass is 10.4. The predicted octanol–water partition coefficient (Wildman–Crippen LogP) is 1.79. The van der Waals surface area contributed by atoms with E-state index in [4.69, 9.17) is 0 Å². The lowest BCUT2D eigenvalue weighted by Gasteiger charge is -2.05. The van der Waals surface area contributed by atoms with Gasteiger partial charge < -0.3 is 9.80 Å². The lowest BCUT2D eigenvalue weighted by Crippen LogP contribution is -2.17. The van der Waals surface area contributed by atoms with Crippen molar-refractivity contribution >= 4 is 24.3 Å². The average Bonchev–Trinajstić information content (AvgIpc) is 2.69. The van der Waals surface area contributed by atoms with Crippen LogP contribution in [0.2, 0.25) is 0 Å². The minimum atomic E-state index is 0. The molecule has 0 N–H and O–H groups in total. The van der Waals surface area contributed by atoms with Crippen molar-refractivity contribution in [1.29, 1.82) is 0 Å². The first-order chi connectivity index (χ1) is 8.57. The van der Waals surface area contributed by atoms with E-state index in [-0.39, 0.29) is 12.4 Å². The molecule has 0 aromatic heterocycles. The van der Waals surface area contributed by atoms with E-state index in [1.807, 2.05) is 14.0 Å². The second kappa shape index (κ2) is 13.5. The summed E-state index contributed by atoms with van der Waals surface area (Å²) in [5.74, 6) is 0.292. The summed E-state index contributed by atoms with van der Waals surface area (Å²) in [7, 11) is 5.96. The molecule has 112 valence electrons. The first-order valence-corrected chi connectivity index (χ1v) is 6.54. The van der Waals surface area contributed by atoms with Gasteiger partial charge in [-0.1, -0.05) is 0 Å². The van der Waals surface area contributed by atoms with Crippen LogP contribution in [0, 0.1) is 0 Å². The zero-order chi connectivity index (χ0) is 13.8. The third-order valence-electron chi connectivity index (χ3n) is 2.48. The Morgan fingerprint density at radius 2 is 2.05 bits per heavy atom. The van der Waals surface area contributed by atoms with Gasteiger partial charge in [-0.2, -0.15) is 0 Å². The van der Waals surface area contributed by atoms with Crippen LogP contribution in [0.5, 0.6) is 0 Å². The number of halogens is 1. The van der Waals surface area contributed by atoms with Crippen LogP contribution < -0.4 is 0 Å². The molecule has 0 unspecified atom stereocenters. The van der Waals surface area contributed by atoms with E-state index in [9.17, 15) is 4.79 Å². The van der Waals surface area contributed by atoms with Crippen molar-refractivity contribution < 1.29 is 4.79 Å². The fourth-order valence-electron chi connectivity index (χ4n) is 1.42. The normalized spacial score (nSPS) is 13.3. The number of rotatable bonds is 5. The third-order valence-corrected chi connectivity index (χ3v) is 2.48. The molecule has 0 atom stereocenters. The Hall–Kier alpha value is -0.900.